The minimum absolute atomic E-state index is 0.295. The van der Waals surface area contributed by atoms with E-state index in [2.05, 4.69) is 20.8 Å². The number of carbonyl (C=O) groups excluding carboxylic acids is 2. The van der Waals surface area contributed by atoms with Crippen LogP contribution in [0, 0.1) is 0 Å². The molecule has 1 atom stereocenters. The predicted octanol–water partition coefficient (Wildman–Crippen LogP) is 1.57. The topological polar surface area (TPSA) is 93.0 Å². The Balaban J connectivity index is 1.75. The summed E-state index contributed by atoms with van der Waals surface area (Å²) in [6.07, 6.45) is 3.15. The van der Waals surface area contributed by atoms with Crippen LogP contribution in [0.4, 0.5) is 9.18 Å². The van der Waals surface area contributed by atoms with E-state index in [4.69, 9.17) is 0 Å². The number of nitrogens with zero attached hydrogens (tertiary/aromatic N) is 5. The third-order valence-corrected chi connectivity index (χ3v) is 4.35. The minimum Gasteiger partial charge on any atom is -0.319 e. The van der Waals surface area contributed by atoms with E-state index in [9.17, 15) is 14.0 Å². The molecule has 1 aromatic carbocycles. The van der Waals surface area contributed by atoms with Crippen LogP contribution in [0.3, 0.4) is 0 Å². The molecule has 1 unspecified atom stereocenters. The second kappa shape index (κ2) is 6.96. The lowest BCUT2D eigenvalue weighted by atomic mass is 9.92. The molecule has 1 saturated heterocycles. The fourth-order valence-corrected chi connectivity index (χ4v) is 2.86. The molecule has 0 saturated carbocycles. The summed E-state index contributed by atoms with van der Waals surface area (Å²) in [6, 6.07) is 6.67. The Labute approximate surface area is 144 Å². The molecule has 1 aliphatic heterocycles. The van der Waals surface area contributed by atoms with Crippen molar-refractivity contribution in [1.29, 1.82) is 0 Å². The molecule has 0 aliphatic carbocycles. The highest BCUT2D eigenvalue weighted by Gasteiger charge is 2.48. The van der Waals surface area contributed by atoms with Crippen molar-refractivity contribution < 1.29 is 14.0 Å². The second-order valence-electron chi connectivity index (χ2n) is 6.06. The number of imide groups is 1. The van der Waals surface area contributed by atoms with Crippen LogP contribution in [-0.2, 0) is 10.3 Å². The van der Waals surface area contributed by atoms with E-state index in [1.165, 1.54) is 15.9 Å². The summed E-state index contributed by atoms with van der Waals surface area (Å²) in [4.78, 5) is 26.1. The number of amides is 3. The van der Waals surface area contributed by atoms with E-state index < -0.39 is 11.6 Å². The zero-order valence-electron chi connectivity index (χ0n) is 13.9. The quantitative estimate of drug-likeness (QED) is 0.607. The van der Waals surface area contributed by atoms with Gasteiger partial charge in [-0.15, -0.1) is 5.10 Å². The average molecular weight is 346 g/mol. The number of halogens is 1. The van der Waals surface area contributed by atoms with Crippen molar-refractivity contribution in [3.8, 4) is 5.69 Å². The highest BCUT2D eigenvalue weighted by Crippen LogP contribution is 2.29. The zero-order valence-corrected chi connectivity index (χ0v) is 13.9. The molecular weight excluding hydrogens is 327 g/mol. The van der Waals surface area contributed by atoms with Crippen LogP contribution in [0.5, 0.6) is 0 Å². The van der Waals surface area contributed by atoms with Gasteiger partial charge >= 0.3 is 6.03 Å². The van der Waals surface area contributed by atoms with Gasteiger partial charge in [-0.2, -0.15) is 0 Å². The number of aromatic nitrogens is 4. The van der Waals surface area contributed by atoms with E-state index in [-0.39, 0.29) is 12.6 Å². The fourth-order valence-electron chi connectivity index (χ4n) is 2.86. The van der Waals surface area contributed by atoms with Gasteiger partial charge in [0, 0.05) is 6.54 Å². The van der Waals surface area contributed by atoms with E-state index in [0.717, 1.165) is 5.69 Å². The predicted molar refractivity (Wildman–Crippen MR) is 86.6 cm³/mol. The third kappa shape index (κ3) is 3.21. The van der Waals surface area contributed by atoms with Crippen molar-refractivity contribution in [2.24, 2.45) is 0 Å². The maximum Gasteiger partial charge on any atom is 0.325 e. The molecule has 2 aromatic rings. The Hall–Kier alpha value is -2.84. The fraction of sp³-hybridized carbons (Fsp3) is 0.438. The summed E-state index contributed by atoms with van der Waals surface area (Å²) < 4.78 is 13.7. The molecular formula is C16H19FN6O2. The molecule has 1 fully saturated rings. The SMILES string of the molecule is CC1(c2ccc(-n3cnnn3)cc2)NC(=O)N(CCCCCF)C1=O. The molecule has 3 rings (SSSR count). The van der Waals surface area contributed by atoms with Crippen molar-refractivity contribution in [1.82, 2.24) is 30.4 Å². The minimum atomic E-state index is -1.11. The number of urea groups is 1. The largest absolute Gasteiger partial charge is 0.325 e. The van der Waals surface area contributed by atoms with Gasteiger partial charge in [0.25, 0.3) is 5.91 Å². The van der Waals surface area contributed by atoms with Crippen LogP contribution >= 0.6 is 0 Å². The molecule has 3 amide bonds. The van der Waals surface area contributed by atoms with Crippen LogP contribution in [0.15, 0.2) is 30.6 Å². The Morgan fingerprint density at radius 1 is 1.16 bits per heavy atom. The molecule has 2 heterocycles. The van der Waals surface area contributed by atoms with Gasteiger partial charge in [-0.05, 0) is 54.3 Å². The molecule has 132 valence electrons. The van der Waals surface area contributed by atoms with Gasteiger partial charge in [-0.3, -0.25) is 14.1 Å². The number of hydrogen-bond acceptors (Lipinski definition) is 5. The van der Waals surface area contributed by atoms with Gasteiger partial charge in [-0.1, -0.05) is 12.1 Å². The Bertz CT molecular complexity index is 748. The maximum absolute atomic E-state index is 12.7. The summed E-state index contributed by atoms with van der Waals surface area (Å²) in [5, 5.41) is 13.7. The van der Waals surface area contributed by atoms with Gasteiger partial charge in [0.15, 0.2) is 0 Å². The number of hydrogen-bond donors (Lipinski definition) is 1. The molecule has 0 bridgehead atoms. The summed E-state index contributed by atoms with van der Waals surface area (Å²) in [5.74, 6) is -0.298. The lowest BCUT2D eigenvalue weighted by Crippen LogP contribution is -2.41. The van der Waals surface area contributed by atoms with E-state index in [1.807, 2.05) is 0 Å². The van der Waals surface area contributed by atoms with Crippen molar-refractivity contribution in [3.63, 3.8) is 0 Å². The monoisotopic (exact) mass is 346 g/mol. The number of nitrogens with one attached hydrogen (secondary N) is 1. The number of alkyl halides is 1. The summed E-state index contributed by atoms with van der Waals surface area (Å²) in [7, 11) is 0. The molecule has 8 nitrogen and oxygen atoms in total. The summed E-state index contributed by atoms with van der Waals surface area (Å²) in [6.45, 7) is 1.59. The Kier molecular flexibility index (Phi) is 4.73. The molecule has 9 heteroatoms. The molecule has 25 heavy (non-hydrogen) atoms. The smallest absolute Gasteiger partial charge is 0.319 e. The molecule has 1 aliphatic rings. The summed E-state index contributed by atoms with van der Waals surface area (Å²) >= 11 is 0. The van der Waals surface area contributed by atoms with Gasteiger partial charge in [0.2, 0.25) is 0 Å². The standard InChI is InChI=1S/C16H19FN6O2/c1-16(12-5-7-13(8-6-12)23-11-18-20-21-23)14(24)22(15(25)19-16)10-4-2-3-9-17/h5-8,11H,2-4,9-10H2,1H3,(H,19,25). The van der Waals surface area contributed by atoms with Gasteiger partial charge in [0.1, 0.15) is 11.9 Å². The number of benzene rings is 1. The van der Waals surface area contributed by atoms with Gasteiger partial charge in [-0.25, -0.2) is 9.48 Å². The van der Waals surface area contributed by atoms with Crippen LogP contribution in [0.2, 0.25) is 0 Å². The summed E-state index contributed by atoms with van der Waals surface area (Å²) in [5.41, 5.74) is 0.308. The van der Waals surface area contributed by atoms with E-state index in [0.29, 0.717) is 31.4 Å². The maximum atomic E-state index is 12.7. The van der Waals surface area contributed by atoms with E-state index in [1.54, 1.807) is 31.2 Å². The number of rotatable bonds is 7. The Morgan fingerprint density at radius 3 is 2.56 bits per heavy atom. The van der Waals surface area contributed by atoms with Crippen LogP contribution < -0.4 is 5.32 Å². The van der Waals surface area contributed by atoms with Crippen LogP contribution in [0.25, 0.3) is 5.69 Å². The highest BCUT2D eigenvalue weighted by molar-refractivity contribution is 6.07. The number of tetrazole rings is 1. The van der Waals surface area contributed by atoms with Gasteiger partial charge in [0.05, 0.1) is 12.4 Å². The first-order chi connectivity index (χ1) is 12.1. The van der Waals surface area contributed by atoms with Crippen molar-refractivity contribution in [3.05, 3.63) is 36.2 Å². The van der Waals surface area contributed by atoms with Crippen molar-refractivity contribution in [2.45, 2.75) is 31.7 Å². The zero-order chi connectivity index (χ0) is 17.9. The third-order valence-electron chi connectivity index (χ3n) is 4.35. The number of carbonyl (C=O) groups is 2. The van der Waals surface area contributed by atoms with Gasteiger partial charge < -0.3 is 5.32 Å². The van der Waals surface area contributed by atoms with Crippen LogP contribution in [0.1, 0.15) is 31.7 Å². The first-order valence-corrected chi connectivity index (χ1v) is 8.10. The molecule has 1 aromatic heterocycles. The average Bonchev–Trinajstić information content (AvgIpc) is 3.22. The lowest BCUT2D eigenvalue weighted by molar-refractivity contribution is -0.131. The van der Waals surface area contributed by atoms with Crippen LogP contribution in [-0.4, -0.2) is 50.3 Å². The normalized spacial score (nSPS) is 20.2. The second-order valence-corrected chi connectivity index (χ2v) is 6.06. The lowest BCUT2D eigenvalue weighted by Gasteiger charge is -2.22. The first kappa shape index (κ1) is 17.0. The number of unbranched alkanes of at least 4 members (excludes halogenated alkanes) is 2. The molecule has 0 radical (unpaired) electrons. The molecule has 1 N–H and O–H groups in total. The molecule has 0 spiro atoms. The highest BCUT2D eigenvalue weighted by atomic mass is 19.1. The van der Waals surface area contributed by atoms with E-state index >= 15 is 0 Å². The Morgan fingerprint density at radius 2 is 1.92 bits per heavy atom. The first-order valence-electron chi connectivity index (χ1n) is 8.10. The van der Waals surface area contributed by atoms with Crippen molar-refractivity contribution in [2.75, 3.05) is 13.2 Å². The van der Waals surface area contributed by atoms with Crippen molar-refractivity contribution >= 4 is 11.9 Å².